The van der Waals surface area contributed by atoms with E-state index in [0.717, 1.165) is 12.1 Å². The molecule has 0 bridgehead atoms. The van der Waals surface area contributed by atoms with E-state index in [1.807, 2.05) is 13.0 Å². The summed E-state index contributed by atoms with van der Waals surface area (Å²) in [6.07, 6.45) is 0.600. The number of nitro groups is 1. The van der Waals surface area contributed by atoms with E-state index >= 15 is 0 Å². The molecule has 0 radical (unpaired) electrons. The Kier molecular flexibility index (Phi) is 5.15. The van der Waals surface area contributed by atoms with Crippen LogP contribution >= 0.6 is 0 Å². The number of nitro benzene ring substituents is 1. The molecule has 0 aliphatic carbocycles. The molecule has 0 saturated carbocycles. The van der Waals surface area contributed by atoms with E-state index in [1.165, 1.54) is 11.8 Å². The lowest BCUT2D eigenvalue weighted by Crippen LogP contribution is -2.33. The van der Waals surface area contributed by atoms with Gasteiger partial charge in [-0.15, -0.1) is 0 Å². The Balaban J connectivity index is 3.26. The minimum absolute atomic E-state index is 0.0240. The average molecular weight is 279 g/mol. The zero-order valence-corrected chi connectivity index (χ0v) is 11.2. The number of carbonyl (C=O) groups excluding carboxylic acids is 1. The molecule has 0 spiro atoms. The summed E-state index contributed by atoms with van der Waals surface area (Å²) in [5, 5.41) is 19.4. The van der Waals surface area contributed by atoms with Crippen molar-refractivity contribution >= 4 is 11.6 Å². The first-order valence-electron chi connectivity index (χ1n) is 6.03. The van der Waals surface area contributed by atoms with Gasteiger partial charge in [0.25, 0.3) is 11.6 Å². The lowest BCUT2D eigenvalue weighted by atomic mass is 10.1. The fraction of sp³-hybridized carbons (Fsp3) is 0.385. The zero-order valence-electron chi connectivity index (χ0n) is 11.2. The SMILES string of the molecule is CCCN(CC#N)C(=O)c1cc([N+](=O)[O-])cc(C)c1F. The van der Waals surface area contributed by atoms with Crippen LogP contribution < -0.4 is 0 Å². The van der Waals surface area contributed by atoms with Gasteiger partial charge in [0.05, 0.1) is 16.6 Å². The molecule has 106 valence electrons. The van der Waals surface area contributed by atoms with E-state index in [0.29, 0.717) is 6.42 Å². The van der Waals surface area contributed by atoms with Gasteiger partial charge < -0.3 is 4.90 Å². The summed E-state index contributed by atoms with van der Waals surface area (Å²) in [5.74, 6) is -1.50. The second-order valence-electron chi connectivity index (χ2n) is 4.27. The van der Waals surface area contributed by atoms with E-state index in [1.54, 1.807) is 0 Å². The third-order valence-corrected chi connectivity index (χ3v) is 2.72. The third-order valence-electron chi connectivity index (χ3n) is 2.72. The summed E-state index contributed by atoms with van der Waals surface area (Å²) >= 11 is 0. The van der Waals surface area contributed by atoms with Crippen LogP contribution in [0.4, 0.5) is 10.1 Å². The van der Waals surface area contributed by atoms with Gasteiger partial charge in [0.2, 0.25) is 0 Å². The van der Waals surface area contributed by atoms with Crippen molar-refractivity contribution in [2.75, 3.05) is 13.1 Å². The second-order valence-corrected chi connectivity index (χ2v) is 4.27. The normalized spacial score (nSPS) is 9.90. The number of nitriles is 1. The fourth-order valence-corrected chi connectivity index (χ4v) is 1.79. The molecule has 6 nitrogen and oxygen atoms in total. The molecule has 0 N–H and O–H groups in total. The minimum Gasteiger partial charge on any atom is -0.325 e. The molecule has 0 heterocycles. The van der Waals surface area contributed by atoms with Crippen molar-refractivity contribution < 1.29 is 14.1 Å². The smallest absolute Gasteiger partial charge is 0.270 e. The number of benzene rings is 1. The van der Waals surface area contributed by atoms with Crippen LogP contribution in [-0.2, 0) is 0 Å². The highest BCUT2D eigenvalue weighted by molar-refractivity contribution is 5.95. The molecule has 0 aliphatic rings. The molecule has 20 heavy (non-hydrogen) atoms. The molecule has 0 saturated heterocycles. The van der Waals surface area contributed by atoms with E-state index < -0.39 is 16.6 Å². The lowest BCUT2D eigenvalue weighted by molar-refractivity contribution is -0.385. The van der Waals surface area contributed by atoms with Gasteiger partial charge in [-0.25, -0.2) is 4.39 Å². The predicted molar refractivity (Wildman–Crippen MR) is 69.6 cm³/mol. The zero-order chi connectivity index (χ0) is 15.3. The monoisotopic (exact) mass is 279 g/mol. The number of aryl methyl sites for hydroxylation is 1. The number of rotatable bonds is 5. The van der Waals surface area contributed by atoms with Crippen LogP contribution in [-0.4, -0.2) is 28.8 Å². The van der Waals surface area contributed by atoms with Crippen LogP contribution in [0.15, 0.2) is 12.1 Å². The first kappa shape index (κ1) is 15.6. The summed E-state index contributed by atoms with van der Waals surface area (Å²) in [6.45, 7) is 3.27. The number of nitrogens with zero attached hydrogens (tertiary/aromatic N) is 3. The minimum atomic E-state index is -0.792. The molecule has 1 aromatic rings. The Hall–Kier alpha value is -2.49. The van der Waals surface area contributed by atoms with Crippen molar-refractivity contribution in [2.45, 2.75) is 20.3 Å². The quantitative estimate of drug-likeness (QED) is 0.470. The van der Waals surface area contributed by atoms with Crippen molar-refractivity contribution in [3.05, 3.63) is 39.2 Å². The van der Waals surface area contributed by atoms with E-state index in [-0.39, 0.29) is 29.9 Å². The standard InChI is InChI=1S/C13H14FN3O3/c1-3-5-16(6-4-15)13(18)11-8-10(17(19)20)7-9(2)12(11)14/h7-8H,3,5-6H2,1-2H3. The second kappa shape index (κ2) is 6.61. The van der Waals surface area contributed by atoms with Crippen molar-refractivity contribution in [2.24, 2.45) is 0 Å². The van der Waals surface area contributed by atoms with Gasteiger partial charge in [-0.1, -0.05) is 6.92 Å². The largest absolute Gasteiger partial charge is 0.325 e. The summed E-state index contributed by atoms with van der Waals surface area (Å²) in [5.41, 5.74) is -0.697. The first-order valence-corrected chi connectivity index (χ1v) is 6.03. The van der Waals surface area contributed by atoms with Crippen molar-refractivity contribution in [3.63, 3.8) is 0 Å². The average Bonchev–Trinajstić information content (AvgIpc) is 2.40. The highest BCUT2D eigenvalue weighted by Gasteiger charge is 2.23. The van der Waals surface area contributed by atoms with E-state index in [2.05, 4.69) is 0 Å². The Morgan fingerprint density at radius 3 is 2.70 bits per heavy atom. The highest BCUT2D eigenvalue weighted by atomic mass is 19.1. The number of amides is 1. The Bertz CT molecular complexity index is 581. The van der Waals surface area contributed by atoms with Gasteiger partial charge in [-0.3, -0.25) is 14.9 Å². The van der Waals surface area contributed by atoms with Gasteiger partial charge in [-0.05, 0) is 18.9 Å². The molecule has 0 atom stereocenters. The molecule has 7 heteroatoms. The molecule has 0 fully saturated rings. The van der Waals surface area contributed by atoms with Crippen molar-refractivity contribution in [1.29, 1.82) is 5.26 Å². The predicted octanol–water partition coefficient (Wildman–Crippen LogP) is 2.42. The van der Waals surface area contributed by atoms with Crippen LogP contribution in [0.25, 0.3) is 0 Å². The summed E-state index contributed by atoms with van der Waals surface area (Å²) in [4.78, 5) is 23.4. The molecule has 1 amide bonds. The highest BCUT2D eigenvalue weighted by Crippen LogP contribution is 2.22. The van der Waals surface area contributed by atoms with Crippen LogP contribution in [0.3, 0.4) is 0 Å². The maximum atomic E-state index is 14.0. The molecular formula is C13H14FN3O3. The van der Waals surface area contributed by atoms with E-state index in [4.69, 9.17) is 5.26 Å². The van der Waals surface area contributed by atoms with Crippen LogP contribution in [0, 0.1) is 34.2 Å². The van der Waals surface area contributed by atoms with Crippen molar-refractivity contribution in [3.8, 4) is 6.07 Å². The lowest BCUT2D eigenvalue weighted by Gasteiger charge is -2.19. The Morgan fingerprint density at radius 2 is 2.20 bits per heavy atom. The van der Waals surface area contributed by atoms with Gasteiger partial charge in [0.1, 0.15) is 12.4 Å². The van der Waals surface area contributed by atoms with Gasteiger partial charge >= 0.3 is 0 Å². The Labute approximate surface area is 115 Å². The van der Waals surface area contributed by atoms with Crippen LogP contribution in [0.5, 0.6) is 0 Å². The summed E-state index contributed by atoms with van der Waals surface area (Å²) in [7, 11) is 0. The topological polar surface area (TPSA) is 87.2 Å². The summed E-state index contributed by atoms with van der Waals surface area (Å²) in [6, 6.07) is 3.80. The maximum Gasteiger partial charge on any atom is 0.270 e. The Morgan fingerprint density at radius 1 is 1.55 bits per heavy atom. The molecule has 0 aliphatic heterocycles. The molecule has 0 unspecified atom stereocenters. The molecular weight excluding hydrogens is 265 g/mol. The number of hydrogen-bond donors (Lipinski definition) is 0. The number of hydrogen-bond acceptors (Lipinski definition) is 4. The maximum absolute atomic E-state index is 14.0. The van der Waals surface area contributed by atoms with Gasteiger partial charge in [0, 0.05) is 18.7 Å². The van der Waals surface area contributed by atoms with Crippen LogP contribution in [0.1, 0.15) is 29.3 Å². The first-order chi connectivity index (χ1) is 9.42. The van der Waals surface area contributed by atoms with Gasteiger partial charge in [0.15, 0.2) is 0 Å². The van der Waals surface area contributed by atoms with Crippen LogP contribution in [0.2, 0.25) is 0 Å². The van der Waals surface area contributed by atoms with Crippen molar-refractivity contribution in [1.82, 2.24) is 4.90 Å². The fourth-order valence-electron chi connectivity index (χ4n) is 1.79. The number of carbonyl (C=O) groups is 1. The molecule has 0 aromatic heterocycles. The molecule has 1 aromatic carbocycles. The van der Waals surface area contributed by atoms with E-state index in [9.17, 15) is 19.3 Å². The van der Waals surface area contributed by atoms with Gasteiger partial charge in [-0.2, -0.15) is 5.26 Å². The molecule has 1 rings (SSSR count). The summed E-state index contributed by atoms with van der Waals surface area (Å²) < 4.78 is 14.0. The number of halogens is 1. The number of non-ortho nitro benzene ring substituents is 1. The third kappa shape index (κ3) is 3.29.